The second kappa shape index (κ2) is 2.67. The van der Waals surface area contributed by atoms with Crippen LogP contribution in [0.4, 0.5) is 0 Å². The van der Waals surface area contributed by atoms with Crippen molar-refractivity contribution >= 4 is 5.78 Å². The molecule has 1 heterocycles. The third-order valence-electron chi connectivity index (χ3n) is 1.48. The van der Waals surface area contributed by atoms with Gasteiger partial charge in [0, 0.05) is 24.7 Å². The van der Waals surface area contributed by atoms with Gasteiger partial charge in [0.25, 0.3) is 0 Å². The number of rotatable bonds is 0. The summed E-state index contributed by atoms with van der Waals surface area (Å²) in [5, 5.41) is 3.04. The molecule has 0 saturated carbocycles. The molecule has 9 heavy (non-hydrogen) atoms. The quantitative estimate of drug-likeness (QED) is 0.520. The number of hydrogen-bond acceptors (Lipinski definition) is 2. The summed E-state index contributed by atoms with van der Waals surface area (Å²) in [6.45, 7) is 2.78. The van der Waals surface area contributed by atoms with Crippen LogP contribution in [0.15, 0.2) is 11.8 Å². The van der Waals surface area contributed by atoms with E-state index in [1.165, 1.54) is 0 Å². The first-order chi connectivity index (χ1) is 4.30. The van der Waals surface area contributed by atoms with E-state index in [4.69, 9.17) is 0 Å². The van der Waals surface area contributed by atoms with Crippen LogP contribution in [0.1, 0.15) is 19.8 Å². The second-order valence-electron chi connectivity index (χ2n) is 2.31. The molecule has 50 valence electrons. The fourth-order valence-electron chi connectivity index (χ4n) is 0.854. The van der Waals surface area contributed by atoms with Crippen LogP contribution in [-0.2, 0) is 4.79 Å². The van der Waals surface area contributed by atoms with Gasteiger partial charge in [-0.2, -0.15) is 0 Å². The molecule has 1 rings (SSSR count). The average Bonchev–Trinajstić information content (AvgIpc) is 1.99. The minimum atomic E-state index is 0.278. The molecule has 0 aliphatic carbocycles. The van der Waals surface area contributed by atoms with Crippen LogP contribution < -0.4 is 5.32 Å². The predicted molar refractivity (Wildman–Crippen MR) is 36.0 cm³/mol. The lowest BCUT2D eigenvalue weighted by Gasteiger charge is -1.90. The Hall–Kier alpha value is -0.790. The van der Waals surface area contributed by atoms with Gasteiger partial charge in [0.05, 0.1) is 0 Å². The maximum Gasteiger partial charge on any atom is 0.160 e. The summed E-state index contributed by atoms with van der Waals surface area (Å²) >= 11 is 0. The molecule has 0 fully saturated rings. The van der Waals surface area contributed by atoms with Gasteiger partial charge in [-0.15, -0.1) is 0 Å². The Morgan fingerprint density at radius 2 is 2.44 bits per heavy atom. The monoisotopic (exact) mass is 125 g/mol. The van der Waals surface area contributed by atoms with Crippen molar-refractivity contribution in [3.05, 3.63) is 11.8 Å². The van der Waals surface area contributed by atoms with Crippen LogP contribution in [-0.4, -0.2) is 12.3 Å². The molecular weight excluding hydrogens is 114 g/mol. The van der Waals surface area contributed by atoms with E-state index in [2.05, 4.69) is 5.32 Å². The maximum atomic E-state index is 10.9. The molecule has 2 nitrogen and oxygen atoms in total. The first kappa shape index (κ1) is 6.33. The maximum absolute atomic E-state index is 10.9. The molecule has 0 saturated heterocycles. The molecule has 0 aromatic heterocycles. The van der Waals surface area contributed by atoms with Crippen molar-refractivity contribution < 1.29 is 4.79 Å². The largest absolute Gasteiger partial charge is 0.391 e. The van der Waals surface area contributed by atoms with E-state index in [0.717, 1.165) is 18.5 Å². The average molecular weight is 125 g/mol. The van der Waals surface area contributed by atoms with E-state index >= 15 is 0 Å². The molecule has 0 radical (unpaired) electrons. The Bertz CT molecular complexity index is 149. The number of Topliss-reactive ketones (excluding diaryl/α,β-unsaturated/α-hetero) is 1. The molecule has 0 amide bonds. The third-order valence-corrected chi connectivity index (χ3v) is 1.48. The fourth-order valence-corrected chi connectivity index (χ4v) is 0.854. The molecule has 0 unspecified atom stereocenters. The van der Waals surface area contributed by atoms with Gasteiger partial charge in [0.1, 0.15) is 0 Å². The normalized spacial score (nSPS) is 20.1. The van der Waals surface area contributed by atoms with Crippen LogP contribution in [0.3, 0.4) is 0 Å². The molecule has 0 bridgehead atoms. The first-order valence-electron chi connectivity index (χ1n) is 3.24. The van der Waals surface area contributed by atoms with Crippen molar-refractivity contribution in [2.75, 3.05) is 6.54 Å². The second-order valence-corrected chi connectivity index (χ2v) is 2.31. The molecule has 1 N–H and O–H groups in total. The van der Waals surface area contributed by atoms with E-state index in [9.17, 15) is 4.79 Å². The lowest BCUT2D eigenvalue weighted by atomic mass is 10.1. The predicted octanol–water partition coefficient (Wildman–Crippen LogP) is 0.843. The first-order valence-corrected chi connectivity index (χ1v) is 3.24. The molecule has 2 heteroatoms. The number of ketones is 1. The van der Waals surface area contributed by atoms with Crippen molar-refractivity contribution in [2.24, 2.45) is 0 Å². The van der Waals surface area contributed by atoms with E-state index < -0.39 is 0 Å². The van der Waals surface area contributed by atoms with Gasteiger partial charge in [-0.3, -0.25) is 4.79 Å². The Morgan fingerprint density at radius 1 is 1.67 bits per heavy atom. The molecule has 1 aliphatic heterocycles. The Labute approximate surface area is 54.9 Å². The number of carbonyl (C=O) groups excluding carboxylic acids is 1. The Morgan fingerprint density at radius 3 is 3.22 bits per heavy atom. The molecule has 0 atom stereocenters. The minimum Gasteiger partial charge on any atom is -0.391 e. The van der Waals surface area contributed by atoms with Gasteiger partial charge in [0.2, 0.25) is 0 Å². The molecule has 0 aromatic rings. The van der Waals surface area contributed by atoms with Gasteiger partial charge < -0.3 is 5.32 Å². The standard InChI is InChI=1S/C7H11NO/c1-6-5-8-4-2-3-7(6)9/h5,8H,2-4H2,1H3. The van der Waals surface area contributed by atoms with Crippen LogP contribution in [0, 0.1) is 0 Å². The van der Waals surface area contributed by atoms with Gasteiger partial charge in [0.15, 0.2) is 5.78 Å². The number of nitrogens with one attached hydrogen (secondary N) is 1. The zero-order chi connectivity index (χ0) is 6.69. The summed E-state index contributed by atoms with van der Waals surface area (Å²) in [5.74, 6) is 0.278. The third kappa shape index (κ3) is 1.56. The zero-order valence-corrected chi connectivity index (χ0v) is 5.61. The highest BCUT2D eigenvalue weighted by Crippen LogP contribution is 2.03. The highest BCUT2D eigenvalue weighted by molar-refractivity contribution is 5.94. The molecule has 0 spiro atoms. The van der Waals surface area contributed by atoms with Crippen LogP contribution in [0.5, 0.6) is 0 Å². The summed E-state index contributed by atoms with van der Waals surface area (Å²) in [6, 6.07) is 0. The van der Waals surface area contributed by atoms with Gasteiger partial charge in [-0.1, -0.05) is 0 Å². The number of hydrogen-bond donors (Lipinski definition) is 1. The highest BCUT2D eigenvalue weighted by Gasteiger charge is 2.05. The lowest BCUT2D eigenvalue weighted by molar-refractivity contribution is -0.115. The van der Waals surface area contributed by atoms with Crippen LogP contribution in [0.25, 0.3) is 0 Å². The highest BCUT2D eigenvalue weighted by atomic mass is 16.1. The Kier molecular flexibility index (Phi) is 1.88. The summed E-state index contributed by atoms with van der Waals surface area (Å²) in [7, 11) is 0. The van der Waals surface area contributed by atoms with Crippen LogP contribution in [0.2, 0.25) is 0 Å². The lowest BCUT2D eigenvalue weighted by Crippen LogP contribution is -2.03. The molecular formula is C7H11NO. The summed E-state index contributed by atoms with van der Waals surface area (Å²) in [5.41, 5.74) is 0.854. The van der Waals surface area contributed by atoms with E-state index in [-0.39, 0.29) is 5.78 Å². The van der Waals surface area contributed by atoms with Crippen molar-refractivity contribution in [3.63, 3.8) is 0 Å². The fraction of sp³-hybridized carbons (Fsp3) is 0.571. The van der Waals surface area contributed by atoms with Gasteiger partial charge in [-0.05, 0) is 13.3 Å². The number of allylic oxidation sites excluding steroid dienone is 1. The van der Waals surface area contributed by atoms with E-state index in [1.807, 2.05) is 6.92 Å². The van der Waals surface area contributed by atoms with Gasteiger partial charge in [-0.25, -0.2) is 0 Å². The topological polar surface area (TPSA) is 29.1 Å². The molecule has 1 aliphatic rings. The SMILES string of the molecule is CC1=CNCCCC1=O. The summed E-state index contributed by atoms with van der Waals surface area (Å²) in [4.78, 5) is 10.9. The smallest absolute Gasteiger partial charge is 0.160 e. The molecule has 0 aromatic carbocycles. The minimum absolute atomic E-state index is 0.278. The van der Waals surface area contributed by atoms with Crippen molar-refractivity contribution in [1.29, 1.82) is 0 Å². The summed E-state index contributed by atoms with van der Waals surface area (Å²) in [6.07, 6.45) is 3.47. The van der Waals surface area contributed by atoms with Crippen LogP contribution >= 0.6 is 0 Å². The van der Waals surface area contributed by atoms with Crippen molar-refractivity contribution in [1.82, 2.24) is 5.32 Å². The van der Waals surface area contributed by atoms with E-state index in [0.29, 0.717) is 6.42 Å². The van der Waals surface area contributed by atoms with E-state index in [1.54, 1.807) is 6.20 Å². The Balaban J connectivity index is 2.61. The zero-order valence-electron chi connectivity index (χ0n) is 5.61. The summed E-state index contributed by atoms with van der Waals surface area (Å²) < 4.78 is 0. The van der Waals surface area contributed by atoms with Crippen molar-refractivity contribution in [2.45, 2.75) is 19.8 Å². The number of carbonyl (C=O) groups is 1. The van der Waals surface area contributed by atoms with Crippen molar-refractivity contribution in [3.8, 4) is 0 Å². The van der Waals surface area contributed by atoms with Gasteiger partial charge >= 0.3 is 0 Å².